The van der Waals surface area contributed by atoms with Crippen molar-refractivity contribution < 1.29 is 28.7 Å². The van der Waals surface area contributed by atoms with Crippen LogP contribution >= 0.6 is 0 Å². The zero-order valence-corrected chi connectivity index (χ0v) is 19.1. The smallest absolute Gasteiger partial charge is 0.363 e. The maximum absolute atomic E-state index is 12.5. The van der Waals surface area contributed by atoms with Crippen molar-refractivity contribution in [3.63, 3.8) is 0 Å². The molecule has 176 valence electrons. The van der Waals surface area contributed by atoms with Crippen LogP contribution in [0.2, 0.25) is 0 Å². The lowest BCUT2D eigenvalue weighted by Crippen LogP contribution is -2.09. The van der Waals surface area contributed by atoms with Crippen LogP contribution in [0.5, 0.6) is 11.5 Å². The second-order valence-electron chi connectivity index (χ2n) is 7.71. The Kier molecular flexibility index (Phi) is 6.41. The summed E-state index contributed by atoms with van der Waals surface area (Å²) in [5, 5.41) is 11.2. The number of aryl methyl sites for hydroxylation is 1. The summed E-state index contributed by atoms with van der Waals surface area (Å²) in [4.78, 5) is 39.8. The number of hydrogen-bond acceptors (Lipinski definition) is 8. The van der Waals surface area contributed by atoms with Crippen LogP contribution < -0.4 is 9.47 Å². The molecule has 0 N–H and O–H groups in total. The van der Waals surface area contributed by atoms with Crippen LogP contribution in [-0.2, 0) is 9.53 Å². The lowest BCUT2D eigenvalue weighted by atomic mass is 10.1. The van der Waals surface area contributed by atoms with Crippen LogP contribution in [0.1, 0.15) is 32.6 Å². The highest BCUT2D eigenvalue weighted by Crippen LogP contribution is 2.31. The Hall–Kier alpha value is -4.79. The normalized spacial score (nSPS) is 13.9. The molecule has 0 atom stereocenters. The van der Waals surface area contributed by atoms with Crippen molar-refractivity contribution in [3.05, 3.63) is 104 Å². The summed E-state index contributed by atoms with van der Waals surface area (Å²) in [7, 11) is 1.43. The molecular weight excluding hydrogens is 452 g/mol. The number of methoxy groups -OCH3 is 1. The number of aliphatic imine (C=N–C) groups is 1. The Morgan fingerprint density at radius 1 is 1.06 bits per heavy atom. The Bertz CT molecular complexity index is 1410. The van der Waals surface area contributed by atoms with Crippen molar-refractivity contribution in [1.29, 1.82) is 0 Å². The maximum Gasteiger partial charge on any atom is 0.363 e. The number of benzene rings is 3. The summed E-state index contributed by atoms with van der Waals surface area (Å²) < 4.78 is 16.1. The minimum Gasteiger partial charge on any atom is -0.493 e. The van der Waals surface area contributed by atoms with Crippen LogP contribution in [0.4, 0.5) is 5.69 Å². The number of ether oxygens (including phenoxy) is 3. The van der Waals surface area contributed by atoms with Crippen molar-refractivity contribution in [2.24, 2.45) is 4.99 Å². The van der Waals surface area contributed by atoms with Gasteiger partial charge in [-0.3, -0.25) is 10.1 Å². The van der Waals surface area contributed by atoms with Gasteiger partial charge in [-0.25, -0.2) is 14.6 Å². The van der Waals surface area contributed by atoms with E-state index >= 15 is 0 Å². The van der Waals surface area contributed by atoms with Gasteiger partial charge >= 0.3 is 11.9 Å². The Morgan fingerprint density at radius 2 is 1.80 bits per heavy atom. The van der Waals surface area contributed by atoms with Gasteiger partial charge in [-0.05, 0) is 55.8 Å². The van der Waals surface area contributed by atoms with Gasteiger partial charge in [-0.1, -0.05) is 29.8 Å². The number of carbonyl (C=O) groups is 2. The lowest BCUT2D eigenvalue weighted by Gasteiger charge is -2.10. The van der Waals surface area contributed by atoms with E-state index in [1.807, 2.05) is 19.1 Å². The van der Waals surface area contributed by atoms with Gasteiger partial charge in [0.2, 0.25) is 5.90 Å². The van der Waals surface area contributed by atoms with Gasteiger partial charge in [0.05, 0.1) is 17.6 Å². The molecule has 0 bridgehead atoms. The average molecular weight is 472 g/mol. The minimum absolute atomic E-state index is 0.0114. The van der Waals surface area contributed by atoms with Gasteiger partial charge in [-0.15, -0.1) is 0 Å². The molecule has 1 aliphatic heterocycles. The number of nitrogens with zero attached hydrogens (tertiary/aromatic N) is 2. The van der Waals surface area contributed by atoms with E-state index in [0.29, 0.717) is 22.3 Å². The predicted octanol–water partition coefficient (Wildman–Crippen LogP) is 4.78. The fraction of sp³-hybridized carbons (Fsp3) is 0.115. The highest BCUT2D eigenvalue weighted by Gasteiger charge is 2.27. The summed E-state index contributed by atoms with van der Waals surface area (Å²) in [5.74, 6) is -0.747. The zero-order valence-electron chi connectivity index (χ0n) is 19.1. The summed E-state index contributed by atoms with van der Waals surface area (Å²) in [6.07, 6.45) is 1.48. The SMILES string of the molecule is COc1cc(/C=C2\N=C(c3cccc([N+](=O)[O-])c3C)OC2=O)ccc1OC(=O)c1ccc(C)cc1. The molecule has 0 fully saturated rings. The van der Waals surface area contributed by atoms with Crippen molar-refractivity contribution in [2.75, 3.05) is 7.11 Å². The summed E-state index contributed by atoms with van der Waals surface area (Å²) in [6, 6.07) is 16.2. The van der Waals surface area contributed by atoms with Crippen molar-refractivity contribution in [1.82, 2.24) is 0 Å². The Morgan fingerprint density at radius 3 is 2.49 bits per heavy atom. The third-order valence-corrected chi connectivity index (χ3v) is 5.33. The first-order valence-electron chi connectivity index (χ1n) is 10.5. The molecular formula is C26H20N2O7. The van der Waals surface area contributed by atoms with E-state index in [-0.39, 0.29) is 28.8 Å². The van der Waals surface area contributed by atoms with E-state index in [0.717, 1.165) is 5.56 Å². The first-order valence-corrected chi connectivity index (χ1v) is 10.5. The third-order valence-electron chi connectivity index (χ3n) is 5.33. The standard InChI is InChI=1S/C26H20N2O7/c1-15-7-10-18(11-8-15)25(29)34-22-12-9-17(14-23(22)33-3)13-20-26(30)35-24(27-20)19-5-4-6-21(16(19)2)28(31)32/h4-14H,1-3H3/b20-13-. The van der Waals surface area contributed by atoms with Crippen molar-refractivity contribution >= 4 is 29.6 Å². The van der Waals surface area contributed by atoms with Crippen LogP contribution in [-0.4, -0.2) is 29.9 Å². The molecule has 0 aromatic heterocycles. The molecule has 0 amide bonds. The minimum atomic E-state index is -0.695. The summed E-state index contributed by atoms with van der Waals surface area (Å²) in [6.45, 7) is 3.48. The molecule has 9 nitrogen and oxygen atoms in total. The van der Waals surface area contributed by atoms with E-state index in [1.54, 1.807) is 43.3 Å². The van der Waals surface area contributed by atoms with Crippen LogP contribution in [0.15, 0.2) is 71.4 Å². The second-order valence-corrected chi connectivity index (χ2v) is 7.71. The van der Waals surface area contributed by atoms with Gasteiger partial charge in [0, 0.05) is 17.2 Å². The topological polar surface area (TPSA) is 117 Å². The molecule has 0 spiro atoms. The highest BCUT2D eigenvalue weighted by atomic mass is 16.6. The molecule has 0 radical (unpaired) electrons. The molecule has 35 heavy (non-hydrogen) atoms. The Labute approximate surface area is 200 Å². The van der Waals surface area contributed by atoms with Crippen LogP contribution in [0.25, 0.3) is 6.08 Å². The molecule has 3 aromatic carbocycles. The van der Waals surface area contributed by atoms with E-state index in [2.05, 4.69) is 4.99 Å². The molecule has 9 heteroatoms. The highest BCUT2D eigenvalue weighted by molar-refractivity contribution is 6.13. The van der Waals surface area contributed by atoms with Crippen LogP contribution in [0.3, 0.4) is 0 Å². The summed E-state index contributed by atoms with van der Waals surface area (Å²) >= 11 is 0. The molecule has 0 aliphatic carbocycles. The molecule has 3 aromatic rings. The number of cyclic esters (lactones) is 1. The van der Waals surface area contributed by atoms with Gasteiger partial charge in [-0.2, -0.15) is 0 Å². The molecule has 0 saturated carbocycles. The Balaban J connectivity index is 1.60. The van der Waals surface area contributed by atoms with Gasteiger partial charge in [0.25, 0.3) is 5.69 Å². The summed E-state index contributed by atoms with van der Waals surface area (Å²) in [5.41, 5.74) is 2.57. The fourth-order valence-corrected chi connectivity index (χ4v) is 3.44. The molecule has 4 rings (SSSR count). The fourth-order valence-electron chi connectivity index (χ4n) is 3.44. The predicted molar refractivity (Wildman–Crippen MR) is 128 cm³/mol. The van der Waals surface area contributed by atoms with E-state index in [1.165, 1.54) is 25.3 Å². The third kappa shape index (κ3) is 4.93. The molecule has 1 aliphatic rings. The van der Waals surface area contributed by atoms with Gasteiger partial charge < -0.3 is 14.2 Å². The quantitative estimate of drug-likeness (QED) is 0.166. The number of rotatable bonds is 6. The average Bonchev–Trinajstić information content (AvgIpc) is 3.20. The van der Waals surface area contributed by atoms with Crippen molar-refractivity contribution in [3.8, 4) is 11.5 Å². The first-order chi connectivity index (χ1) is 16.8. The van der Waals surface area contributed by atoms with E-state index in [4.69, 9.17) is 14.2 Å². The zero-order chi connectivity index (χ0) is 25.1. The van der Waals surface area contributed by atoms with E-state index in [9.17, 15) is 19.7 Å². The first kappa shape index (κ1) is 23.4. The monoisotopic (exact) mass is 472 g/mol. The molecule has 0 unspecified atom stereocenters. The number of nitro groups is 1. The van der Waals surface area contributed by atoms with Gasteiger partial charge in [0.15, 0.2) is 17.2 Å². The number of hydrogen-bond donors (Lipinski definition) is 0. The largest absolute Gasteiger partial charge is 0.493 e. The number of nitro benzene ring substituents is 1. The van der Waals surface area contributed by atoms with Crippen molar-refractivity contribution in [2.45, 2.75) is 13.8 Å². The van der Waals surface area contributed by atoms with Crippen LogP contribution in [0, 0.1) is 24.0 Å². The lowest BCUT2D eigenvalue weighted by molar-refractivity contribution is -0.385. The van der Waals surface area contributed by atoms with E-state index < -0.39 is 16.9 Å². The molecule has 0 saturated heterocycles. The van der Waals surface area contributed by atoms with Gasteiger partial charge in [0.1, 0.15) is 0 Å². The number of carbonyl (C=O) groups excluding carboxylic acids is 2. The molecule has 1 heterocycles. The number of esters is 2. The maximum atomic E-state index is 12.5. The second kappa shape index (κ2) is 9.60.